The van der Waals surface area contributed by atoms with Crippen LogP contribution < -0.4 is 5.32 Å². The van der Waals surface area contributed by atoms with Gasteiger partial charge in [-0.05, 0) is 49.9 Å². The minimum atomic E-state index is -0.273. The van der Waals surface area contributed by atoms with Gasteiger partial charge in [0.05, 0.1) is 28.9 Å². The number of phenolic OH excluding ortho intramolecular Hbond substituents is 1. The molecule has 1 unspecified atom stereocenters. The number of anilines is 1. The highest BCUT2D eigenvalue weighted by Gasteiger charge is 2.19. The molecule has 2 rings (SSSR count). The van der Waals surface area contributed by atoms with Crippen LogP contribution in [-0.2, 0) is 11.3 Å². The molecule has 5 nitrogen and oxygen atoms in total. The van der Waals surface area contributed by atoms with Gasteiger partial charge in [-0.3, -0.25) is 9.48 Å². The van der Waals surface area contributed by atoms with E-state index in [0.29, 0.717) is 11.6 Å². The van der Waals surface area contributed by atoms with Crippen molar-refractivity contribution in [3.05, 3.63) is 39.7 Å². The van der Waals surface area contributed by atoms with Crippen LogP contribution in [0.5, 0.6) is 5.75 Å². The van der Waals surface area contributed by atoms with E-state index < -0.39 is 0 Å². The van der Waals surface area contributed by atoms with Crippen LogP contribution in [0, 0.1) is 26.7 Å². The van der Waals surface area contributed by atoms with Gasteiger partial charge in [0.1, 0.15) is 5.75 Å². The van der Waals surface area contributed by atoms with Crippen molar-refractivity contribution in [2.24, 2.45) is 5.92 Å². The van der Waals surface area contributed by atoms with Crippen molar-refractivity contribution in [3.8, 4) is 5.75 Å². The first kappa shape index (κ1) is 19.3. The predicted molar refractivity (Wildman–Crippen MR) is 101 cm³/mol. The molecule has 1 aromatic carbocycles. The first-order valence-electron chi connectivity index (χ1n) is 8.45. The molecule has 6 heteroatoms. The summed E-state index contributed by atoms with van der Waals surface area (Å²) in [6.07, 6.45) is 0. The molecule has 136 valence electrons. The maximum Gasteiger partial charge on any atom is 0.229 e. The van der Waals surface area contributed by atoms with Crippen molar-refractivity contribution in [1.82, 2.24) is 9.78 Å². The number of hydrogen-bond donors (Lipinski definition) is 2. The minimum absolute atomic E-state index is 0.0906. The van der Waals surface area contributed by atoms with Gasteiger partial charge < -0.3 is 10.4 Å². The number of aromatic nitrogens is 2. The second-order valence-corrected chi connectivity index (χ2v) is 7.32. The normalized spacial score (nSPS) is 12.5. The summed E-state index contributed by atoms with van der Waals surface area (Å²) in [5.41, 5.74) is 4.00. The number of amides is 1. The van der Waals surface area contributed by atoms with E-state index in [1.807, 2.05) is 47.6 Å². The SMILES string of the molecule is Cc1cc(O)c(C(C)C)cc1NC(=O)C(C)Cn1nc(C)c(Cl)c1C. The Kier molecular flexibility index (Phi) is 5.78. The molecule has 0 aliphatic heterocycles. The first-order chi connectivity index (χ1) is 11.6. The Morgan fingerprint density at radius 2 is 1.92 bits per heavy atom. The maximum absolute atomic E-state index is 12.6. The summed E-state index contributed by atoms with van der Waals surface area (Å²) in [7, 11) is 0. The molecule has 0 saturated carbocycles. The zero-order chi connectivity index (χ0) is 18.9. The van der Waals surface area contributed by atoms with E-state index in [9.17, 15) is 9.90 Å². The van der Waals surface area contributed by atoms with Crippen LogP contribution in [-0.4, -0.2) is 20.8 Å². The summed E-state index contributed by atoms with van der Waals surface area (Å²) < 4.78 is 1.77. The largest absolute Gasteiger partial charge is 0.508 e. The Hall–Kier alpha value is -2.01. The van der Waals surface area contributed by atoms with Gasteiger partial charge in [0.2, 0.25) is 5.91 Å². The van der Waals surface area contributed by atoms with Crippen LogP contribution >= 0.6 is 11.6 Å². The highest BCUT2D eigenvalue weighted by atomic mass is 35.5. The van der Waals surface area contributed by atoms with E-state index in [2.05, 4.69) is 10.4 Å². The lowest BCUT2D eigenvalue weighted by Crippen LogP contribution is -2.25. The van der Waals surface area contributed by atoms with Gasteiger partial charge in [-0.25, -0.2) is 0 Å². The monoisotopic (exact) mass is 363 g/mol. The minimum Gasteiger partial charge on any atom is -0.508 e. The molecule has 0 fully saturated rings. The molecule has 2 N–H and O–H groups in total. The van der Waals surface area contributed by atoms with Gasteiger partial charge in [-0.15, -0.1) is 0 Å². The highest BCUT2D eigenvalue weighted by Crippen LogP contribution is 2.31. The molecular weight excluding hydrogens is 338 g/mol. The smallest absolute Gasteiger partial charge is 0.229 e. The van der Waals surface area contributed by atoms with Gasteiger partial charge in [-0.2, -0.15) is 5.10 Å². The van der Waals surface area contributed by atoms with E-state index in [4.69, 9.17) is 11.6 Å². The van der Waals surface area contributed by atoms with E-state index in [-0.39, 0.29) is 23.5 Å². The molecule has 1 aromatic heterocycles. The number of halogens is 1. The lowest BCUT2D eigenvalue weighted by Gasteiger charge is -2.17. The van der Waals surface area contributed by atoms with Gasteiger partial charge in [-0.1, -0.05) is 32.4 Å². The fraction of sp³-hybridized carbons (Fsp3) is 0.474. The summed E-state index contributed by atoms with van der Waals surface area (Å²) in [4.78, 5) is 12.6. The molecule has 0 aliphatic carbocycles. The second kappa shape index (κ2) is 7.48. The lowest BCUT2D eigenvalue weighted by atomic mass is 9.99. The Labute approximate surface area is 154 Å². The van der Waals surface area contributed by atoms with E-state index in [0.717, 1.165) is 28.2 Å². The molecule has 0 bridgehead atoms. The van der Waals surface area contributed by atoms with Crippen molar-refractivity contribution in [2.45, 2.75) is 54.0 Å². The summed E-state index contributed by atoms with van der Waals surface area (Å²) >= 11 is 6.17. The molecular formula is C19H26ClN3O2. The third kappa shape index (κ3) is 4.15. The summed E-state index contributed by atoms with van der Waals surface area (Å²) in [6.45, 7) is 11.9. The molecule has 0 aliphatic rings. The van der Waals surface area contributed by atoms with Crippen molar-refractivity contribution >= 4 is 23.2 Å². The molecule has 0 saturated heterocycles. The third-order valence-corrected chi connectivity index (χ3v) is 4.99. The van der Waals surface area contributed by atoms with Crippen LogP contribution in [0.3, 0.4) is 0 Å². The number of aromatic hydroxyl groups is 1. The predicted octanol–water partition coefficient (Wildman–Crippen LogP) is 4.57. The van der Waals surface area contributed by atoms with Crippen molar-refractivity contribution < 1.29 is 9.90 Å². The summed E-state index contributed by atoms with van der Waals surface area (Å²) in [5.74, 6) is 0.0679. The number of phenols is 1. The van der Waals surface area contributed by atoms with Crippen LogP contribution in [0.2, 0.25) is 5.02 Å². The fourth-order valence-corrected chi connectivity index (χ4v) is 2.89. The van der Waals surface area contributed by atoms with Gasteiger partial charge in [0.15, 0.2) is 0 Å². The fourth-order valence-electron chi connectivity index (χ4n) is 2.76. The van der Waals surface area contributed by atoms with Crippen LogP contribution in [0.1, 0.15) is 49.2 Å². The van der Waals surface area contributed by atoms with Crippen LogP contribution in [0.4, 0.5) is 5.69 Å². The zero-order valence-electron chi connectivity index (χ0n) is 15.6. The number of aryl methyl sites for hydroxylation is 2. The lowest BCUT2D eigenvalue weighted by molar-refractivity contribution is -0.119. The number of carbonyl (C=O) groups excluding carboxylic acids is 1. The van der Waals surface area contributed by atoms with Gasteiger partial charge in [0, 0.05) is 5.69 Å². The van der Waals surface area contributed by atoms with E-state index in [1.165, 1.54) is 0 Å². The number of hydrogen-bond acceptors (Lipinski definition) is 3. The number of nitrogens with one attached hydrogen (secondary N) is 1. The molecule has 0 spiro atoms. The Balaban J connectivity index is 2.16. The average Bonchev–Trinajstić information content (AvgIpc) is 2.76. The molecule has 1 atom stereocenters. The van der Waals surface area contributed by atoms with Crippen LogP contribution in [0.25, 0.3) is 0 Å². The van der Waals surface area contributed by atoms with Gasteiger partial charge in [0.25, 0.3) is 0 Å². The first-order valence-corrected chi connectivity index (χ1v) is 8.83. The standard InChI is InChI=1S/C19H26ClN3O2/c1-10(2)15-8-16(11(3)7-17(15)24)21-19(25)12(4)9-23-14(6)18(20)13(5)22-23/h7-8,10,12,24H,9H2,1-6H3,(H,21,25). The second-order valence-electron chi connectivity index (χ2n) is 6.94. The number of carbonyl (C=O) groups is 1. The van der Waals surface area contributed by atoms with Gasteiger partial charge >= 0.3 is 0 Å². The molecule has 0 radical (unpaired) electrons. The molecule has 2 aromatic rings. The zero-order valence-corrected chi connectivity index (χ0v) is 16.4. The highest BCUT2D eigenvalue weighted by molar-refractivity contribution is 6.31. The van der Waals surface area contributed by atoms with Crippen molar-refractivity contribution in [3.63, 3.8) is 0 Å². The average molecular weight is 364 g/mol. The van der Waals surface area contributed by atoms with E-state index in [1.54, 1.807) is 10.7 Å². The maximum atomic E-state index is 12.6. The topological polar surface area (TPSA) is 67.2 Å². The number of nitrogens with zero attached hydrogens (tertiary/aromatic N) is 2. The molecule has 1 amide bonds. The van der Waals surface area contributed by atoms with Crippen molar-refractivity contribution in [1.29, 1.82) is 0 Å². The van der Waals surface area contributed by atoms with E-state index >= 15 is 0 Å². The summed E-state index contributed by atoms with van der Waals surface area (Å²) in [6, 6.07) is 3.54. The Bertz CT molecular complexity index is 796. The Morgan fingerprint density at radius 1 is 1.28 bits per heavy atom. The molecule has 1 heterocycles. The number of rotatable bonds is 5. The summed E-state index contributed by atoms with van der Waals surface area (Å²) in [5, 5.41) is 18.0. The quantitative estimate of drug-likeness (QED) is 0.765. The number of benzene rings is 1. The third-order valence-electron chi connectivity index (χ3n) is 4.44. The van der Waals surface area contributed by atoms with Crippen molar-refractivity contribution in [2.75, 3.05) is 5.32 Å². The molecule has 25 heavy (non-hydrogen) atoms. The van der Waals surface area contributed by atoms with Crippen LogP contribution in [0.15, 0.2) is 12.1 Å². The Morgan fingerprint density at radius 3 is 2.44 bits per heavy atom.